The molecular weight excluding hydrogens is 388 g/mol. The molecule has 0 saturated carbocycles. The summed E-state index contributed by atoms with van der Waals surface area (Å²) in [5.74, 6) is 0. The van der Waals surface area contributed by atoms with Gasteiger partial charge < -0.3 is 10.8 Å². The average molecular weight is 412 g/mol. The second kappa shape index (κ2) is 8.71. The summed E-state index contributed by atoms with van der Waals surface area (Å²) in [6.07, 6.45) is 0.935. The molecule has 1 unspecified atom stereocenters. The molecule has 3 aromatic carbocycles. The molecule has 3 aromatic rings. The molecule has 2 nitrogen and oxygen atoms in total. The molecule has 0 aromatic heterocycles. The summed E-state index contributed by atoms with van der Waals surface area (Å²) >= 11 is 12.6. The van der Waals surface area contributed by atoms with Crippen molar-refractivity contribution in [3.05, 3.63) is 99.0 Å². The fourth-order valence-corrected chi connectivity index (χ4v) is 3.80. The SMILES string of the molecule is Cc1ccc(B(O)CC(N)(Cc2ccccc2)c2ccc(C)c(Cl)c2)cc1Cl. The van der Waals surface area contributed by atoms with Gasteiger partial charge in [0.25, 0.3) is 0 Å². The first-order valence-electron chi connectivity index (χ1n) is 9.32. The lowest BCUT2D eigenvalue weighted by molar-refractivity contribution is 0.459. The quantitative estimate of drug-likeness (QED) is 0.566. The number of halogens is 2. The summed E-state index contributed by atoms with van der Waals surface area (Å²) in [5.41, 5.74) is 10.9. The first kappa shape index (κ1) is 20.9. The van der Waals surface area contributed by atoms with Crippen molar-refractivity contribution in [3.8, 4) is 0 Å². The highest BCUT2D eigenvalue weighted by Gasteiger charge is 2.34. The summed E-state index contributed by atoms with van der Waals surface area (Å²) in [4.78, 5) is 0. The lowest BCUT2D eigenvalue weighted by Crippen LogP contribution is -2.46. The monoisotopic (exact) mass is 411 g/mol. The Bertz CT molecular complexity index is 964. The summed E-state index contributed by atoms with van der Waals surface area (Å²) < 4.78 is 0. The molecule has 0 aliphatic rings. The lowest BCUT2D eigenvalue weighted by atomic mass is 9.52. The third-order valence-corrected chi connectivity index (χ3v) is 6.06. The molecule has 0 bridgehead atoms. The van der Waals surface area contributed by atoms with Gasteiger partial charge in [-0.25, -0.2) is 0 Å². The van der Waals surface area contributed by atoms with Crippen LogP contribution in [0.4, 0.5) is 0 Å². The molecule has 0 aliphatic carbocycles. The maximum atomic E-state index is 11.0. The van der Waals surface area contributed by atoms with Crippen LogP contribution in [0.5, 0.6) is 0 Å². The van der Waals surface area contributed by atoms with E-state index < -0.39 is 12.5 Å². The van der Waals surface area contributed by atoms with E-state index in [9.17, 15) is 5.02 Å². The average Bonchev–Trinajstić information content (AvgIpc) is 2.66. The highest BCUT2D eigenvalue weighted by Crippen LogP contribution is 2.31. The van der Waals surface area contributed by atoms with Gasteiger partial charge in [0.1, 0.15) is 0 Å². The van der Waals surface area contributed by atoms with Crippen LogP contribution in [0.1, 0.15) is 22.3 Å². The minimum atomic E-state index is -0.782. The highest BCUT2D eigenvalue weighted by atomic mass is 35.5. The van der Waals surface area contributed by atoms with Gasteiger partial charge in [-0.1, -0.05) is 77.8 Å². The maximum Gasteiger partial charge on any atom is 0.325 e. The molecule has 144 valence electrons. The van der Waals surface area contributed by atoms with Crippen LogP contribution in [0.3, 0.4) is 0 Å². The Morgan fingerprint density at radius 3 is 2.11 bits per heavy atom. The summed E-state index contributed by atoms with van der Waals surface area (Å²) in [6, 6.07) is 21.6. The van der Waals surface area contributed by atoms with Crippen molar-refractivity contribution in [3.63, 3.8) is 0 Å². The van der Waals surface area contributed by atoms with Crippen molar-refractivity contribution in [2.24, 2.45) is 5.73 Å². The zero-order valence-electron chi connectivity index (χ0n) is 16.1. The van der Waals surface area contributed by atoms with Crippen molar-refractivity contribution >= 4 is 35.6 Å². The molecule has 0 fully saturated rings. The molecule has 3 rings (SSSR count). The Labute approximate surface area is 177 Å². The summed E-state index contributed by atoms with van der Waals surface area (Å²) in [7, 11) is 0. The number of aryl methyl sites for hydroxylation is 2. The second-order valence-electron chi connectivity index (χ2n) is 7.51. The molecule has 3 N–H and O–H groups in total. The van der Waals surface area contributed by atoms with E-state index in [1.165, 1.54) is 0 Å². The van der Waals surface area contributed by atoms with Crippen molar-refractivity contribution in [2.45, 2.75) is 32.1 Å². The molecule has 0 saturated heterocycles. The van der Waals surface area contributed by atoms with Crippen molar-refractivity contribution < 1.29 is 5.02 Å². The molecule has 28 heavy (non-hydrogen) atoms. The molecular formula is C23H24BCl2NO. The van der Waals surface area contributed by atoms with E-state index in [4.69, 9.17) is 28.9 Å². The van der Waals surface area contributed by atoms with Gasteiger partial charge in [0.2, 0.25) is 0 Å². The van der Waals surface area contributed by atoms with Crippen molar-refractivity contribution in [2.75, 3.05) is 0 Å². The predicted molar refractivity (Wildman–Crippen MR) is 121 cm³/mol. The van der Waals surface area contributed by atoms with Crippen LogP contribution in [-0.4, -0.2) is 11.9 Å². The van der Waals surface area contributed by atoms with E-state index in [0.29, 0.717) is 22.8 Å². The van der Waals surface area contributed by atoms with Crippen LogP contribution in [0, 0.1) is 13.8 Å². The zero-order chi connectivity index (χ0) is 20.3. The van der Waals surface area contributed by atoms with E-state index >= 15 is 0 Å². The number of hydrogen-bond acceptors (Lipinski definition) is 2. The van der Waals surface area contributed by atoms with Crippen LogP contribution in [0.25, 0.3) is 0 Å². The second-order valence-corrected chi connectivity index (χ2v) is 8.33. The smallest absolute Gasteiger partial charge is 0.325 e. The van der Waals surface area contributed by atoms with E-state index in [1.807, 2.05) is 80.6 Å². The van der Waals surface area contributed by atoms with Crippen LogP contribution >= 0.6 is 23.2 Å². The fraction of sp³-hybridized carbons (Fsp3) is 0.217. The topological polar surface area (TPSA) is 46.2 Å². The minimum Gasteiger partial charge on any atom is -0.446 e. The largest absolute Gasteiger partial charge is 0.446 e. The van der Waals surface area contributed by atoms with Crippen molar-refractivity contribution in [1.82, 2.24) is 0 Å². The van der Waals surface area contributed by atoms with Gasteiger partial charge in [0.05, 0.1) is 0 Å². The first-order valence-corrected chi connectivity index (χ1v) is 10.1. The van der Waals surface area contributed by atoms with Crippen LogP contribution in [-0.2, 0) is 12.0 Å². The summed E-state index contributed by atoms with van der Waals surface area (Å²) in [6.45, 7) is 3.16. The summed E-state index contributed by atoms with van der Waals surface area (Å²) in [5, 5.41) is 12.3. The maximum absolute atomic E-state index is 11.0. The van der Waals surface area contributed by atoms with Gasteiger partial charge in [-0.2, -0.15) is 0 Å². The van der Waals surface area contributed by atoms with Crippen molar-refractivity contribution in [1.29, 1.82) is 0 Å². The third-order valence-electron chi connectivity index (χ3n) is 5.25. The third kappa shape index (κ3) is 4.79. The molecule has 1 atom stereocenters. The highest BCUT2D eigenvalue weighted by molar-refractivity contribution is 6.66. The van der Waals surface area contributed by atoms with E-state index in [0.717, 1.165) is 27.7 Å². The Morgan fingerprint density at radius 2 is 1.50 bits per heavy atom. The van der Waals surface area contributed by atoms with Gasteiger partial charge in [0.15, 0.2) is 0 Å². The van der Waals surface area contributed by atoms with Crippen LogP contribution < -0.4 is 11.2 Å². The minimum absolute atomic E-state index is 0.348. The van der Waals surface area contributed by atoms with Gasteiger partial charge in [-0.15, -0.1) is 0 Å². The Kier molecular flexibility index (Phi) is 6.52. The van der Waals surface area contributed by atoms with Gasteiger partial charge in [0, 0.05) is 15.6 Å². The van der Waals surface area contributed by atoms with E-state index in [2.05, 4.69) is 0 Å². The predicted octanol–water partition coefficient (Wildman–Crippen LogP) is 4.90. The molecule has 5 heteroatoms. The van der Waals surface area contributed by atoms with Gasteiger partial charge in [-0.3, -0.25) is 0 Å². The van der Waals surface area contributed by atoms with E-state index in [1.54, 1.807) is 0 Å². The zero-order valence-corrected chi connectivity index (χ0v) is 17.6. The van der Waals surface area contributed by atoms with Crippen LogP contribution in [0.2, 0.25) is 16.4 Å². The molecule has 0 heterocycles. The number of hydrogen-bond donors (Lipinski definition) is 2. The Morgan fingerprint density at radius 1 is 0.893 bits per heavy atom. The normalized spacial score (nSPS) is 13.2. The molecule has 0 aliphatic heterocycles. The molecule has 0 amide bonds. The number of nitrogens with two attached hydrogens (primary N) is 1. The lowest BCUT2D eigenvalue weighted by Gasteiger charge is -2.32. The standard InChI is InChI=1S/C23H24BCl2NO/c1-16-8-10-19(12-21(16)25)23(27,14-18-6-4-3-5-7-18)15-24(28)20-11-9-17(2)22(26)13-20/h3-13,28H,14-15,27H2,1-2H3. The Hall–Kier alpha value is -1.78. The number of benzene rings is 3. The van der Waals surface area contributed by atoms with E-state index in [-0.39, 0.29) is 0 Å². The first-order chi connectivity index (χ1) is 13.3. The van der Waals surface area contributed by atoms with Crippen LogP contribution in [0.15, 0.2) is 66.7 Å². The van der Waals surface area contributed by atoms with Gasteiger partial charge >= 0.3 is 6.92 Å². The molecule has 0 radical (unpaired) electrons. The molecule has 0 spiro atoms. The Balaban J connectivity index is 1.97. The van der Waals surface area contributed by atoms with Gasteiger partial charge in [-0.05, 0) is 66.4 Å². The fourth-order valence-electron chi connectivity index (χ4n) is 3.43. The number of rotatable bonds is 6.